The summed E-state index contributed by atoms with van der Waals surface area (Å²) in [6, 6.07) is 14.9. The summed E-state index contributed by atoms with van der Waals surface area (Å²) in [7, 11) is 0. The standard InChI is InChI=1S/C14H9N3S/c1-2-4-13-11(3-1)12-6-5-10(7-14(12)18-13)17-9-15-8-16-17/h1-9H. The van der Waals surface area contributed by atoms with Gasteiger partial charge >= 0.3 is 0 Å². The van der Waals surface area contributed by atoms with E-state index in [-0.39, 0.29) is 0 Å². The number of nitrogens with zero attached hydrogens (tertiary/aromatic N) is 3. The predicted molar refractivity (Wildman–Crippen MR) is 74.2 cm³/mol. The SMILES string of the molecule is c1ccc2c(c1)sc1cc(-n3cncn3)ccc12. The number of aromatic nitrogens is 3. The molecule has 0 atom stereocenters. The van der Waals surface area contributed by atoms with Crippen LogP contribution in [0.2, 0.25) is 0 Å². The van der Waals surface area contributed by atoms with Crippen LogP contribution in [0.15, 0.2) is 55.1 Å². The van der Waals surface area contributed by atoms with E-state index in [2.05, 4.69) is 52.5 Å². The quantitative estimate of drug-likeness (QED) is 0.517. The lowest BCUT2D eigenvalue weighted by molar-refractivity contribution is 0.881. The summed E-state index contributed by atoms with van der Waals surface area (Å²) in [6.07, 6.45) is 3.27. The third-order valence-corrected chi connectivity index (χ3v) is 4.18. The average Bonchev–Trinajstić information content (AvgIpc) is 3.05. The summed E-state index contributed by atoms with van der Waals surface area (Å²) in [5.74, 6) is 0. The Balaban J connectivity index is 2.04. The van der Waals surface area contributed by atoms with Crippen molar-refractivity contribution in [2.45, 2.75) is 0 Å². The monoisotopic (exact) mass is 251 g/mol. The van der Waals surface area contributed by atoms with Crippen molar-refractivity contribution in [2.75, 3.05) is 0 Å². The molecule has 0 amide bonds. The largest absolute Gasteiger partial charge is 0.223 e. The third-order valence-electron chi connectivity index (χ3n) is 3.05. The number of hydrogen-bond donors (Lipinski definition) is 0. The first-order chi connectivity index (χ1) is 8.92. The Morgan fingerprint density at radius 1 is 0.944 bits per heavy atom. The normalized spacial score (nSPS) is 11.3. The fourth-order valence-electron chi connectivity index (χ4n) is 2.20. The van der Waals surface area contributed by atoms with Crippen molar-refractivity contribution < 1.29 is 0 Å². The van der Waals surface area contributed by atoms with Crippen LogP contribution in [-0.4, -0.2) is 14.8 Å². The summed E-state index contributed by atoms with van der Waals surface area (Å²) >= 11 is 1.81. The van der Waals surface area contributed by atoms with Crippen LogP contribution in [0.3, 0.4) is 0 Å². The topological polar surface area (TPSA) is 30.7 Å². The van der Waals surface area contributed by atoms with E-state index in [1.54, 1.807) is 17.3 Å². The van der Waals surface area contributed by atoms with Gasteiger partial charge in [-0.15, -0.1) is 11.3 Å². The van der Waals surface area contributed by atoms with Crippen molar-refractivity contribution in [2.24, 2.45) is 0 Å². The Bertz CT molecular complexity index is 831. The lowest BCUT2D eigenvalue weighted by atomic mass is 10.1. The lowest BCUT2D eigenvalue weighted by Crippen LogP contribution is -1.92. The van der Waals surface area contributed by atoms with Gasteiger partial charge in [0.2, 0.25) is 0 Å². The Hall–Kier alpha value is -2.20. The molecule has 0 unspecified atom stereocenters. The molecule has 0 fully saturated rings. The molecule has 0 aliphatic carbocycles. The Morgan fingerprint density at radius 3 is 2.72 bits per heavy atom. The maximum atomic E-state index is 4.16. The van der Waals surface area contributed by atoms with Crippen LogP contribution in [0.4, 0.5) is 0 Å². The van der Waals surface area contributed by atoms with Gasteiger partial charge in [-0.2, -0.15) is 5.10 Å². The highest BCUT2D eigenvalue weighted by atomic mass is 32.1. The van der Waals surface area contributed by atoms with Gasteiger partial charge in [-0.1, -0.05) is 24.3 Å². The van der Waals surface area contributed by atoms with Crippen LogP contribution >= 0.6 is 11.3 Å². The second-order valence-corrected chi connectivity index (χ2v) is 5.20. The van der Waals surface area contributed by atoms with Gasteiger partial charge in [-0.3, -0.25) is 0 Å². The van der Waals surface area contributed by atoms with Crippen molar-refractivity contribution in [1.29, 1.82) is 0 Å². The highest BCUT2D eigenvalue weighted by molar-refractivity contribution is 7.25. The molecule has 4 heteroatoms. The fourth-order valence-corrected chi connectivity index (χ4v) is 3.34. The van der Waals surface area contributed by atoms with Crippen LogP contribution in [0.25, 0.3) is 25.9 Å². The number of benzene rings is 2. The van der Waals surface area contributed by atoms with Crippen molar-refractivity contribution in [3.05, 3.63) is 55.1 Å². The molecule has 0 aliphatic heterocycles. The zero-order valence-electron chi connectivity index (χ0n) is 9.45. The van der Waals surface area contributed by atoms with E-state index in [0.717, 1.165) is 5.69 Å². The zero-order chi connectivity index (χ0) is 11.9. The number of thiophene rings is 1. The van der Waals surface area contributed by atoms with E-state index in [1.165, 1.54) is 20.2 Å². The van der Waals surface area contributed by atoms with Gasteiger partial charge in [0.25, 0.3) is 0 Å². The van der Waals surface area contributed by atoms with E-state index in [9.17, 15) is 0 Å². The molecule has 0 bridgehead atoms. The first kappa shape index (κ1) is 9.79. The molecule has 0 N–H and O–H groups in total. The molecule has 0 saturated carbocycles. The highest BCUT2D eigenvalue weighted by Gasteiger charge is 2.05. The summed E-state index contributed by atoms with van der Waals surface area (Å²) in [5, 5.41) is 6.78. The van der Waals surface area contributed by atoms with Gasteiger partial charge < -0.3 is 0 Å². The van der Waals surface area contributed by atoms with Gasteiger partial charge in [0.15, 0.2) is 0 Å². The van der Waals surface area contributed by atoms with Crippen LogP contribution < -0.4 is 0 Å². The summed E-state index contributed by atoms with van der Waals surface area (Å²) in [6.45, 7) is 0. The molecule has 4 aromatic rings. The second kappa shape index (κ2) is 3.65. The molecule has 2 heterocycles. The van der Waals surface area contributed by atoms with Gasteiger partial charge in [0.1, 0.15) is 12.7 Å². The molecule has 4 rings (SSSR count). The van der Waals surface area contributed by atoms with Crippen LogP contribution in [0.1, 0.15) is 0 Å². The van der Waals surface area contributed by atoms with E-state index < -0.39 is 0 Å². The van der Waals surface area contributed by atoms with Gasteiger partial charge in [-0.05, 0) is 18.2 Å². The fraction of sp³-hybridized carbons (Fsp3) is 0. The van der Waals surface area contributed by atoms with Gasteiger partial charge in [0, 0.05) is 20.2 Å². The van der Waals surface area contributed by atoms with Gasteiger partial charge in [-0.25, -0.2) is 9.67 Å². The van der Waals surface area contributed by atoms with Crippen molar-refractivity contribution in [3.8, 4) is 5.69 Å². The molecular formula is C14H9N3S. The molecule has 18 heavy (non-hydrogen) atoms. The van der Waals surface area contributed by atoms with E-state index in [1.807, 2.05) is 11.3 Å². The Kier molecular flexibility index (Phi) is 1.98. The smallest absolute Gasteiger partial charge is 0.138 e. The van der Waals surface area contributed by atoms with Crippen LogP contribution in [0, 0.1) is 0 Å². The maximum absolute atomic E-state index is 4.16. The summed E-state index contributed by atoms with van der Waals surface area (Å²) in [5.41, 5.74) is 1.05. The second-order valence-electron chi connectivity index (χ2n) is 4.12. The van der Waals surface area contributed by atoms with Crippen molar-refractivity contribution >= 4 is 31.5 Å². The Labute approximate surface area is 107 Å². The summed E-state index contributed by atoms with van der Waals surface area (Å²) in [4.78, 5) is 3.98. The number of rotatable bonds is 1. The number of hydrogen-bond acceptors (Lipinski definition) is 3. The van der Waals surface area contributed by atoms with Crippen molar-refractivity contribution in [3.63, 3.8) is 0 Å². The minimum atomic E-state index is 1.05. The maximum Gasteiger partial charge on any atom is 0.138 e. The van der Waals surface area contributed by atoms with Crippen LogP contribution in [0.5, 0.6) is 0 Å². The molecule has 0 radical (unpaired) electrons. The molecule has 0 spiro atoms. The lowest BCUT2D eigenvalue weighted by Gasteiger charge is -1.99. The van der Waals surface area contributed by atoms with Gasteiger partial charge in [0.05, 0.1) is 5.69 Å². The molecule has 3 nitrogen and oxygen atoms in total. The van der Waals surface area contributed by atoms with E-state index in [0.29, 0.717) is 0 Å². The summed E-state index contributed by atoms with van der Waals surface area (Å²) < 4.78 is 4.39. The molecular weight excluding hydrogens is 242 g/mol. The van der Waals surface area contributed by atoms with E-state index >= 15 is 0 Å². The average molecular weight is 251 g/mol. The first-order valence-corrected chi connectivity index (χ1v) is 6.50. The number of fused-ring (bicyclic) bond motifs is 3. The molecule has 0 aliphatic rings. The van der Waals surface area contributed by atoms with Crippen LogP contribution in [-0.2, 0) is 0 Å². The molecule has 2 aromatic carbocycles. The van der Waals surface area contributed by atoms with Crippen molar-refractivity contribution in [1.82, 2.24) is 14.8 Å². The predicted octanol–water partition coefficient (Wildman–Crippen LogP) is 3.64. The molecule has 0 saturated heterocycles. The van der Waals surface area contributed by atoms with E-state index in [4.69, 9.17) is 0 Å². The highest BCUT2D eigenvalue weighted by Crippen LogP contribution is 2.34. The molecule has 2 aromatic heterocycles. The minimum absolute atomic E-state index is 1.05. The molecule has 86 valence electrons. The zero-order valence-corrected chi connectivity index (χ0v) is 10.3. The first-order valence-electron chi connectivity index (χ1n) is 5.68. The minimum Gasteiger partial charge on any atom is -0.223 e. The third kappa shape index (κ3) is 1.36. The Morgan fingerprint density at radius 2 is 1.83 bits per heavy atom.